The van der Waals surface area contributed by atoms with Crippen LogP contribution in [-0.4, -0.2) is 13.7 Å². The summed E-state index contributed by atoms with van der Waals surface area (Å²) < 4.78 is 5.57. The normalized spacial score (nSPS) is 10.1. The van der Waals surface area contributed by atoms with E-state index in [1.807, 2.05) is 14.0 Å². The monoisotopic (exact) mass is 193 g/mol. The van der Waals surface area contributed by atoms with Gasteiger partial charge in [0.2, 0.25) is 0 Å². The van der Waals surface area contributed by atoms with Crippen molar-refractivity contribution in [3.05, 3.63) is 22.8 Å². The van der Waals surface area contributed by atoms with Gasteiger partial charge in [0.05, 0.1) is 6.61 Å². The van der Waals surface area contributed by atoms with Gasteiger partial charge in [-0.15, -0.1) is 0 Å². The third-order valence-electron chi connectivity index (χ3n) is 2.60. The average Bonchev–Trinajstić information content (AvgIpc) is 2.15. The fraction of sp³-hybridized carbons (Fsp3) is 0.500. The molecule has 0 bridgehead atoms. The summed E-state index contributed by atoms with van der Waals surface area (Å²) in [6, 6.07) is 2.09. The lowest BCUT2D eigenvalue weighted by Gasteiger charge is -2.16. The smallest absolute Gasteiger partial charge is 0.122 e. The molecule has 0 heterocycles. The number of aryl methyl sites for hydroxylation is 1. The summed E-state index contributed by atoms with van der Waals surface area (Å²) in [6.07, 6.45) is 0. The Bertz CT molecular complexity index is 332. The second-order valence-electron chi connectivity index (χ2n) is 3.50. The highest BCUT2D eigenvalue weighted by atomic mass is 16.5. The molecule has 1 aromatic rings. The van der Waals surface area contributed by atoms with Gasteiger partial charge in [0.1, 0.15) is 5.75 Å². The molecule has 0 aliphatic heterocycles. The molecule has 0 saturated heterocycles. The lowest BCUT2D eigenvalue weighted by atomic mass is 10.0. The summed E-state index contributed by atoms with van der Waals surface area (Å²) >= 11 is 0. The van der Waals surface area contributed by atoms with E-state index in [1.165, 1.54) is 22.4 Å². The van der Waals surface area contributed by atoms with Crippen LogP contribution in [0, 0.1) is 20.8 Å². The average molecular weight is 193 g/mol. The maximum atomic E-state index is 5.57. The van der Waals surface area contributed by atoms with E-state index in [-0.39, 0.29) is 0 Å². The molecule has 0 unspecified atom stereocenters. The van der Waals surface area contributed by atoms with E-state index < -0.39 is 0 Å². The number of anilines is 1. The minimum Gasteiger partial charge on any atom is -0.494 e. The van der Waals surface area contributed by atoms with Crippen molar-refractivity contribution >= 4 is 5.69 Å². The molecule has 14 heavy (non-hydrogen) atoms. The van der Waals surface area contributed by atoms with Crippen LogP contribution in [-0.2, 0) is 0 Å². The molecule has 0 fully saturated rings. The van der Waals surface area contributed by atoms with Crippen LogP contribution < -0.4 is 10.1 Å². The molecule has 78 valence electrons. The van der Waals surface area contributed by atoms with Crippen molar-refractivity contribution in [1.82, 2.24) is 0 Å². The van der Waals surface area contributed by atoms with E-state index in [1.54, 1.807) is 0 Å². The Kier molecular flexibility index (Phi) is 3.39. The van der Waals surface area contributed by atoms with Crippen LogP contribution in [0.15, 0.2) is 6.07 Å². The molecule has 1 aromatic carbocycles. The molecule has 0 aliphatic rings. The van der Waals surface area contributed by atoms with Crippen LogP contribution in [0.25, 0.3) is 0 Å². The molecule has 0 spiro atoms. The second-order valence-corrected chi connectivity index (χ2v) is 3.50. The highest BCUT2D eigenvalue weighted by Gasteiger charge is 2.09. The van der Waals surface area contributed by atoms with Crippen molar-refractivity contribution in [2.75, 3.05) is 19.0 Å². The van der Waals surface area contributed by atoms with E-state index in [2.05, 4.69) is 32.2 Å². The largest absolute Gasteiger partial charge is 0.494 e. The zero-order valence-electron chi connectivity index (χ0n) is 9.69. The van der Waals surface area contributed by atoms with Crippen molar-refractivity contribution in [3.8, 4) is 5.75 Å². The summed E-state index contributed by atoms with van der Waals surface area (Å²) in [7, 11) is 1.95. The third-order valence-corrected chi connectivity index (χ3v) is 2.60. The zero-order chi connectivity index (χ0) is 10.7. The molecule has 0 saturated carbocycles. The van der Waals surface area contributed by atoms with Gasteiger partial charge in [-0.1, -0.05) is 0 Å². The van der Waals surface area contributed by atoms with E-state index in [9.17, 15) is 0 Å². The van der Waals surface area contributed by atoms with Gasteiger partial charge in [-0.3, -0.25) is 0 Å². The number of nitrogens with one attached hydrogen (secondary N) is 1. The number of benzene rings is 1. The molecule has 2 heteroatoms. The van der Waals surface area contributed by atoms with Crippen LogP contribution in [0.5, 0.6) is 5.75 Å². The summed E-state index contributed by atoms with van der Waals surface area (Å²) in [5.41, 5.74) is 4.95. The van der Waals surface area contributed by atoms with E-state index in [0.29, 0.717) is 0 Å². The van der Waals surface area contributed by atoms with Crippen molar-refractivity contribution < 1.29 is 4.74 Å². The topological polar surface area (TPSA) is 21.3 Å². The van der Waals surface area contributed by atoms with E-state index in [0.717, 1.165) is 12.4 Å². The number of ether oxygens (including phenoxy) is 1. The van der Waals surface area contributed by atoms with Crippen LogP contribution in [0.4, 0.5) is 5.69 Å². The fourth-order valence-corrected chi connectivity index (χ4v) is 1.74. The van der Waals surface area contributed by atoms with Gasteiger partial charge in [-0.25, -0.2) is 0 Å². The summed E-state index contributed by atoms with van der Waals surface area (Å²) in [4.78, 5) is 0. The Labute approximate surface area is 86.3 Å². The summed E-state index contributed by atoms with van der Waals surface area (Å²) in [5.74, 6) is 1.00. The molecule has 1 N–H and O–H groups in total. The summed E-state index contributed by atoms with van der Waals surface area (Å²) in [5, 5.41) is 3.22. The van der Waals surface area contributed by atoms with Gasteiger partial charge in [-0.2, -0.15) is 0 Å². The molecule has 0 radical (unpaired) electrons. The van der Waals surface area contributed by atoms with Gasteiger partial charge in [-0.05, 0) is 50.5 Å². The predicted molar refractivity (Wildman–Crippen MR) is 61.4 cm³/mol. The minimum atomic E-state index is 0.721. The Morgan fingerprint density at radius 3 is 2.36 bits per heavy atom. The maximum Gasteiger partial charge on any atom is 0.122 e. The van der Waals surface area contributed by atoms with Gasteiger partial charge in [0.25, 0.3) is 0 Å². The molecular formula is C12H19NO. The number of rotatable bonds is 3. The van der Waals surface area contributed by atoms with Crippen molar-refractivity contribution in [1.29, 1.82) is 0 Å². The zero-order valence-corrected chi connectivity index (χ0v) is 9.69. The first-order valence-corrected chi connectivity index (χ1v) is 5.03. The quantitative estimate of drug-likeness (QED) is 0.796. The van der Waals surface area contributed by atoms with Crippen molar-refractivity contribution in [2.45, 2.75) is 27.7 Å². The first-order valence-electron chi connectivity index (χ1n) is 5.03. The Morgan fingerprint density at radius 2 is 1.86 bits per heavy atom. The van der Waals surface area contributed by atoms with Crippen molar-refractivity contribution in [3.63, 3.8) is 0 Å². The summed E-state index contributed by atoms with van der Waals surface area (Å²) in [6.45, 7) is 9.05. The highest BCUT2D eigenvalue weighted by Crippen LogP contribution is 2.30. The van der Waals surface area contributed by atoms with Gasteiger partial charge >= 0.3 is 0 Å². The van der Waals surface area contributed by atoms with Gasteiger partial charge in [0.15, 0.2) is 0 Å². The molecule has 0 aromatic heterocycles. The lowest BCUT2D eigenvalue weighted by molar-refractivity contribution is 0.337. The van der Waals surface area contributed by atoms with Crippen molar-refractivity contribution in [2.24, 2.45) is 0 Å². The van der Waals surface area contributed by atoms with Crippen LogP contribution in [0.1, 0.15) is 23.6 Å². The maximum absolute atomic E-state index is 5.57. The highest BCUT2D eigenvalue weighted by molar-refractivity contribution is 5.63. The SMILES string of the molecule is CCOc1cc(C)c(NC)c(C)c1C. The van der Waals surface area contributed by atoms with Crippen LogP contribution >= 0.6 is 0 Å². The second kappa shape index (κ2) is 4.36. The fourth-order valence-electron chi connectivity index (χ4n) is 1.74. The Morgan fingerprint density at radius 1 is 1.21 bits per heavy atom. The standard InChI is InChI=1S/C12H19NO/c1-6-14-11-7-8(2)12(13-5)10(4)9(11)3/h7,13H,6H2,1-5H3. The lowest BCUT2D eigenvalue weighted by Crippen LogP contribution is -2.01. The predicted octanol–water partition coefficient (Wildman–Crippen LogP) is 3.05. The van der Waals surface area contributed by atoms with Crippen LogP contribution in [0.2, 0.25) is 0 Å². The molecular weight excluding hydrogens is 174 g/mol. The molecule has 2 nitrogen and oxygen atoms in total. The molecule has 0 aliphatic carbocycles. The Balaban J connectivity index is 3.25. The van der Waals surface area contributed by atoms with E-state index >= 15 is 0 Å². The molecule has 0 atom stereocenters. The Hall–Kier alpha value is -1.18. The van der Waals surface area contributed by atoms with Crippen LogP contribution in [0.3, 0.4) is 0 Å². The first kappa shape index (κ1) is 10.9. The number of hydrogen-bond donors (Lipinski definition) is 1. The van der Waals surface area contributed by atoms with E-state index in [4.69, 9.17) is 4.74 Å². The van der Waals surface area contributed by atoms with Gasteiger partial charge < -0.3 is 10.1 Å². The minimum absolute atomic E-state index is 0.721. The third kappa shape index (κ3) is 1.84. The first-order chi connectivity index (χ1) is 6.61. The molecule has 1 rings (SSSR count). The van der Waals surface area contributed by atoms with Gasteiger partial charge in [0, 0.05) is 12.7 Å². The number of hydrogen-bond acceptors (Lipinski definition) is 2. The molecule has 0 amide bonds.